The summed E-state index contributed by atoms with van der Waals surface area (Å²) in [6.07, 6.45) is -0.493. The highest BCUT2D eigenvalue weighted by Gasteiger charge is 2.09. The number of hydrogen-bond donors (Lipinski definition) is 1. The lowest BCUT2D eigenvalue weighted by molar-refractivity contribution is 0.156. The Labute approximate surface area is 110 Å². The minimum atomic E-state index is -0.789. The second kappa shape index (κ2) is 6.12. The highest BCUT2D eigenvalue weighted by molar-refractivity contribution is 5.58. The van der Waals surface area contributed by atoms with Crippen LogP contribution in [0.25, 0.3) is 11.3 Å². The van der Waals surface area contributed by atoms with Crippen molar-refractivity contribution in [3.63, 3.8) is 0 Å². The van der Waals surface area contributed by atoms with Crippen LogP contribution in [0.1, 0.15) is 23.8 Å². The van der Waals surface area contributed by atoms with Crippen molar-refractivity contribution >= 4 is 0 Å². The summed E-state index contributed by atoms with van der Waals surface area (Å²) >= 11 is 0. The topological polar surface area (TPSA) is 70.0 Å². The summed E-state index contributed by atoms with van der Waals surface area (Å²) in [6, 6.07) is 10.7. The van der Waals surface area contributed by atoms with Crippen LogP contribution in [0.3, 0.4) is 0 Å². The molecule has 0 aliphatic rings. The predicted molar refractivity (Wildman–Crippen MR) is 66.8 cm³/mol. The summed E-state index contributed by atoms with van der Waals surface area (Å²) in [7, 11) is 0. The summed E-state index contributed by atoms with van der Waals surface area (Å²) in [5.41, 5.74) is 2.05. The Hall–Kier alpha value is -2.19. The van der Waals surface area contributed by atoms with Gasteiger partial charge < -0.3 is 9.63 Å². The number of aliphatic hydroxyl groups excluding tert-OH is 1. The van der Waals surface area contributed by atoms with Crippen molar-refractivity contribution in [2.45, 2.75) is 18.9 Å². The van der Waals surface area contributed by atoms with Gasteiger partial charge >= 0.3 is 0 Å². The largest absolute Gasteiger partial charge is 0.388 e. The van der Waals surface area contributed by atoms with E-state index in [4.69, 9.17) is 9.78 Å². The summed E-state index contributed by atoms with van der Waals surface area (Å²) in [5, 5.41) is 22.0. The first-order valence-electron chi connectivity index (χ1n) is 5.91. The van der Waals surface area contributed by atoms with Gasteiger partial charge in [0.1, 0.15) is 0 Å². The van der Waals surface area contributed by atoms with Crippen LogP contribution in [-0.2, 0) is 6.42 Å². The number of halogens is 1. The van der Waals surface area contributed by atoms with E-state index in [1.165, 1.54) is 0 Å². The number of aliphatic hydroxyl groups is 1. The van der Waals surface area contributed by atoms with Gasteiger partial charge in [-0.3, -0.25) is 4.39 Å². The number of benzene rings is 1. The maximum absolute atomic E-state index is 12.1. The van der Waals surface area contributed by atoms with Crippen LogP contribution in [0.15, 0.2) is 34.9 Å². The first-order chi connectivity index (χ1) is 9.24. The van der Waals surface area contributed by atoms with E-state index < -0.39 is 12.8 Å². The number of alkyl halides is 1. The van der Waals surface area contributed by atoms with Crippen molar-refractivity contribution in [1.29, 1.82) is 5.26 Å². The smallest absolute Gasteiger partial charge is 0.167 e. The lowest BCUT2D eigenvalue weighted by Gasteiger charge is -2.08. The van der Waals surface area contributed by atoms with Gasteiger partial charge in [0.2, 0.25) is 0 Å². The number of rotatable bonds is 5. The van der Waals surface area contributed by atoms with Gasteiger partial charge in [0.15, 0.2) is 5.76 Å². The van der Waals surface area contributed by atoms with Gasteiger partial charge in [-0.15, -0.1) is 0 Å². The molecule has 1 aromatic carbocycles. The van der Waals surface area contributed by atoms with Crippen LogP contribution >= 0.6 is 0 Å². The van der Waals surface area contributed by atoms with Crippen LogP contribution < -0.4 is 0 Å². The Morgan fingerprint density at radius 2 is 2.11 bits per heavy atom. The van der Waals surface area contributed by atoms with Crippen LogP contribution in [0.2, 0.25) is 0 Å². The summed E-state index contributed by atoms with van der Waals surface area (Å²) < 4.78 is 17.3. The zero-order valence-corrected chi connectivity index (χ0v) is 10.2. The fourth-order valence-corrected chi connectivity index (χ4v) is 1.75. The maximum atomic E-state index is 12.1. The Morgan fingerprint density at radius 3 is 2.74 bits per heavy atom. The highest BCUT2D eigenvalue weighted by atomic mass is 19.1. The lowest BCUT2D eigenvalue weighted by atomic mass is 10.0. The van der Waals surface area contributed by atoms with E-state index in [0.29, 0.717) is 17.0 Å². The molecular weight excluding hydrogens is 247 g/mol. The van der Waals surface area contributed by atoms with E-state index in [0.717, 1.165) is 5.56 Å². The molecule has 19 heavy (non-hydrogen) atoms. The lowest BCUT2D eigenvalue weighted by Crippen LogP contribution is -1.97. The second-order valence-electron chi connectivity index (χ2n) is 4.13. The molecular formula is C14H13FN2O2. The predicted octanol–water partition coefficient (Wildman–Crippen LogP) is 2.80. The van der Waals surface area contributed by atoms with Gasteiger partial charge in [-0.2, -0.15) is 5.26 Å². The fourth-order valence-electron chi connectivity index (χ4n) is 1.75. The molecule has 4 nitrogen and oxygen atoms in total. The molecule has 0 radical (unpaired) electrons. The minimum absolute atomic E-state index is 0.0912. The SMILES string of the molecule is N#CCc1cc(-c2ccc(C(O)CCF)cc2)on1. The van der Waals surface area contributed by atoms with Crippen molar-refractivity contribution in [2.24, 2.45) is 0 Å². The minimum Gasteiger partial charge on any atom is -0.388 e. The standard InChI is InChI=1S/C14H13FN2O2/c15-7-5-13(18)10-1-3-11(4-2-10)14-9-12(6-8-16)17-19-14/h1-4,9,13,18H,5-7H2. The average Bonchev–Trinajstić information content (AvgIpc) is 2.88. The number of aromatic nitrogens is 1. The summed E-state index contributed by atoms with van der Waals surface area (Å²) in [5.74, 6) is 0.566. The van der Waals surface area contributed by atoms with Crippen molar-refractivity contribution < 1.29 is 14.0 Å². The van der Waals surface area contributed by atoms with Crippen molar-refractivity contribution in [1.82, 2.24) is 5.16 Å². The van der Waals surface area contributed by atoms with Crippen LogP contribution in [-0.4, -0.2) is 16.9 Å². The number of nitriles is 1. The molecule has 5 heteroatoms. The summed E-state index contributed by atoms with van der Waals surface area (Å²) in [6.45, 7) is -0.553. The Kier molecular flexibility index (Phi) is 4.26. The third kappa shape index (κ3) is 3.18. The quantitative estimate of drug-likeness (QED) is 0.897. The molecule has 0 amide bonds. The molecule has 0 saturated carbocycles. The molecule has 2 aromatic rings. The molecule has 1 N–H and O–H groups in total. The molecule has 1 aromatic heterocycles. The molecule has 0 aliphatic heterocycles. The number of hydrogen-bond acceptors (Lipinski definition) is 4. The summed E-state index contributed by atoms with van der Waals surface area (Å²) in [4.78, 5) is 0. The molecule has 0 spiro atoms. The second-order valence-corrected chi connectivity index (χ2v) is 4.13. The third-order valence-corrected chi connectivity index (χ3v) is 2.78. The Bertz CT molecular complexity index is 572. The van der Waals surface area contributed by atoms with Crippen molar-refractivity contribution in [3.05, 3.63) is 41.6 Å². The van der Waals surface area contributed by atoms with Gasteiger partial charge in [0.25, 0.3) is 0 Å². The Morgan fingerprint density at radius 1 is 1.37 bits per heavy atom. The van der Waals surface area contributed by atoms with Crippen molar-refractivity contribution in [2.75, 3.05) is 6.67 Å². The van der Waals surface area contributed by atoms with Gasteiger partial charge in [-0.1, -0.05) is 29.4 Å². The number of nitrogens with zero attached hydrogens (tertiary/aromatic N) is 2. The maximum Gasteiger partial charge on any atom is 0.167 e. The van der Waals surface area contributed by atoms with E-state index in [9.17, 15) is 9.50 Å². The normalized spacial score (nSPS) is 12.1. The molecule has 98 valence electrons. The first kappa shape index (κ1) is 13.2. The van der Waals surface area contributed by atoms with Crippen LogP contribution in [0.5, 0.6) is 0 Å². The molecule has 1 unspecified atom stereocenters. The molecule has 0 bridgehead atoms. The van der Waals surface area contributed by atoms with E-state index in [-0.39, 0.29) is 12.8 Å². The first-order valence-corrected chi connectivity index (χ1v) is 5.91. The third-order valence-electron chi connectivity index (χ3n) is 2.78. The van der Waals surface area contributed by atoms with Gasteiger partial charge in [-0.05, 0) is 5.56 Å². The van der Waals surface area contributed by atoms with E-state index in [1.807, 2.05) is 6.07 Å². The molecule has 1 atom stereocenters. The molecule has 0 aliphatic carbocycles. The van der Waals surface area contributed by atoms with E-state index >= 15 is 0 Å². The molecule has 0 fully saturated rings. The van der Waals surface area contributed by atoms with Crippen LogP contribution in [0.4, 0.5) is 4.39 Å². The van der Waals surface area contributed by atoms with Crippen LogP contribution in [0, 0.1) is 11.3 Å². The average molecular weight is 260 g/mol. The molecule has 0 saturated heterocycles. The van der Waals surface area contributed by atoms with Gasteiger partial charge in [0.05, 0.1) is 31.0 Å². The zero-order chi connectivity index (χ0) is 13.7. The van der Waals surface area contributed by atoms with Gasteiger partial charge in [-0.25, -0.2) is 0 Å². The van der Waals surface area contributed by atoms with E-state index in [2.05, 4.69) is 5.16 Å². The highest BCUT2D eigenvalue weighted by Crippen LogP contribution is 2.24. The fraction of sp³-hybridized carbons (Fsp3) is 0.286. The van der Waals surface area contributed by atoms with Gasteiger partial charge in [0, 0.05) is 18.1 Å². The Balaban J connectivity index is 2.15. The molecule has 2 rings (SSSR count). The molecule has 1 heterocycles. The monoisotopic (exact) mass is 260 g/mol. The van der Waals surface area contributed by atoms with Crippen molar-refractivity contribution in [3.8, 4) is 17.4 Å². The zero-order valence-electron chi connectivity index (χ0n) is 10.2. The van der Waals surface area contributed by atoms with E-state index in [1.54, 1.807) is 30.3 Å².